The van der Waals surface area contributed by atoms with E-state index in [0.29, 0.717) is 49.9 Å². The summed E-state index contributed by atoms with van der Waals surface area (Å²) >= 11 is 0. The average Bonchev–Trinajstić information content (AvgIpc) is 3.62. The Labute approximate surface area is 199 Å². The number of methoxy groups -OCH3 is 1. The van der Waals surface area contributed by atoms with E-state index < -0.39 is 15.1 Å². The van der Waals surface area contributed by atoms with Crippen molar-refractivity contribution in [1.29, 1.82) is 5.26 Å². The highest BCUT2D eigenvalue weighted by atomic mass is 32.3. The lowest BCUT2D eigenvalue weighted by Gasteiger charge is -2.16. The van der Waals surface area contributed by atoms with Crippen molar-refractivity contribution in [3.05, 3.63) is 70.4 Å². The van der Waals surface area contributed by atoms with Crippen LogP contribution < -0.4 is 10.2 Å². The Morgan fingerprint density at radius 1 is 1.11 bits per heavy atom. The van der Waals surface area contributed by atoms with Crippen molar-refractivity contribution >= 4 is 43.1 Å². The molecular weight excluding hydrogens is 469 g/mol. The van der Waals surface area contributed by atoms with Crippen molar-refractivity contribution in [3.63, 3.8) is 0 Å². The number of H-pyrrole nitrogens is 1. The third-order valence-electron chi connectivity index (χ3n) is 6.54. The quantitative estimate of drug-likeness (QED) is 0.352. The first-order valence-corrected chi connectivity index (χ1v) is 12.4. The number of aromatic nitrogens is 2. The largest absolute Gasteiger partial charge is 0.496 e. The number of nitrogens with one attached hydrogen (secondary N) is 1. The smallest absolute Gasteiger partial charge is 0.332 e. The number of hydrogen-bond acceptors (Lipinski definition) is 5. The highest BCUT2D eigenvalue weighted by Gasteiger charge is 2.29. The molecule has 0 atom stereocenters. The van der Waals surface area contributed by atoms with Crippen molar-refractivity contribution in [2.45, 2.75) is 23.8 Å². The van der Waals surface area contributed by atoms with E-state index in [9.17, 15) is 22.4 Å². The summed E-state index contributed by atoms with van der Waals surface area (Å²) in [6.45, 7) is 0. The fraction of sp³-hybridized carbons (Fsp3) is 0.154. The van der Waals surface area contributed by atoms with Crippen LogP contribution in [0.4, 0.5) is 3.89 Å². The van der Waals surface area contributed by atoms with E-state index in [1.807, 2.05) is 0 Å². The fourth-order valence-electron chi connectivity index (χ4n) is 4.79. The molecule has 174 valence electrons. The van der Waals surface area contributed by atoms with Crippen LogP contribution in [-0.4, -0.2) is 25.1 Å². The van der Waals surface area contributed by atoms with Crippen molar-refractivity contribution in [3.8, 4) is 22.9 Å². The number of rotatable bonds is 4. The molecule has 6 rings (SSSR count). The highest BCUT2D eigenvalue weighted by Crippen LogP contribution is 2.43. The Bertz CT molecular complexity index is 1910. The van der Waals surface area contributed by atoms with Crippen LogP contribution in [0, 0.1) is 11.3 Å². The topological polar surface area (TPSA) is 105 Å². The van der Waals surface area contributed by atoms with Crippen LogP contribution in [0.3, 0.4) is 0 Å². The molecule has 1 saturated carbocycles. The molecule has 9 heteroatoms. The highest BCUT2D eigenvalue weighted by molar-refractivity contribution is 7.86. The number of nitrogens with zero attached hydrogens (tertiary/aromatic N) is 2. The molecule has 2 heterocycles. The van der Waals surface area contributed by atoms with Crippen LogP contribution in [0.25, 0.3) is 44.0 Å². The normalized spacial score (nSPS) is 14.0. The summed E-state index contributed by atoms with van der Waals surface area (Å²) in [4.78, 5) is 16.6. The van der Waals surface area contributed by atoms with Gasteiger partial charge in [-0.3, -0.25) is 4.79 Å². The second-order valence-corrected chi connectivity index (χ2v) is 10.0. The molecule has 0 saturated heterocycles. The zero-order chi connectivity index (χ0) is 24.5. The first-order chi connectivity index (χ1) is 16.8. The van der Waals surface area contributed by atoms with Crippen molar-refractivity contribution < 1.29 is 17.0 Å². The molecule has 0 spiro atoms. The third kappa shape index (κ3) is 3.29. The summed E-state index contributed by atoms with van der Waals surface area (Å²) in [6, 6.07) is 16.5. The van der Waals surface area contributed by atoms with Gasteiger partial charge in [0, 0.05) is 22.5 Å². The van der Waals surface area contributed by atoms with Crippen LogP contribution in [-0.2, 0) is 10.2 Å². The van der Waals surface area contributed by atoms with Gasteiger partial charge in [0.2, 0.25) is 0 Å². The van der Waals surface area contributed by atoms with E-state index in [1.54, 1.807) is 36.4 Å². The number of pyridine rings is 1. The van der Waals surface area contributed by atoms with Gasteiger partial charge >= 0.3 is 10.2 Å². The molecule has 2 aromatic heterocycles. The van der Waals surface area contributed by atoms with E-state index in [1.165, 1.54) is 25.3 Å². The lowest BCUT2D eigenvalue weighted by atomic mass is 10.0. The van der Waals surface area contributed by atoms with Crippen LogP contribution in [0.1, 0.15) is 24.4 Å². The predicted octanol–water partition coefficient (Wildman–Crippen LogP) is 5.18. The molecule has 1 N–H and O–H groups in total. The molecule has 0 amide bonds. The van der Waals surface area contributed by atoms with Crippen molar-refractivity contribution in [2.24, 2.45) is 0 Å². The number of aromatic amines is 1. The van der Waals surface area contributed by atoms with Gasteiger partial charge in [-0.1, -0.05) is 18.2 Å². The van der Waals surface area contributed by atoms with E-state index in [-0.39, 0.29) is 11.5 Å². The molecule has 0 aliphatic heterocycles. The van der Waals surface area contributed by atoms with Gasteiger partial charge in [0.25, 0.3) is 0 Å². The summed E-state index contributed by atoms with van der Waals surface area (Å²) < 4.78 is 44.3. The van der Waals surface area contributed by atoms with Crippen molar-refractivity contribution in [2.75, 3.05) is 7.11 Å². The molecule has 1 fully saturated rings. The van der Waals surface area contributed by atoms with Gasteiger partial charge in [-0.15, -0.1) is 3.89 Å². The van der Waals surface area contributed by atoms with Crippen LogP contribution in [0.2, 0.25) is 0 Å². The maximum atomic E-state index is 13.7. The maximum absolute atomic E-state index is 13.7. The monoisotopic (exact) mass is 487 g/mol. The first-order valence-electron chi connectivity index (χ1n) is 11.0. The van der Waals surface area contributed by atoms with E-state index in [0.717, 1.165) is 18.2 Å². The zero-order valence-electron chi connectivity index (χ0n) is 18.5. The van der Waals surface area contributed by atoms with E-state index in [4.69, 9.17) is 4.74 Å². The summed E-state index contributed by atoms with van der Waals surface area (Å²) in [5.74, 6) is 0.372. The predicted molar refractivity (Wildman–Crippen MR) is 131 cm³/mol. The molecule has 1 aliphatic carbocycles. The Kier molecular flexibility index (Phi) is 4.53. The Hall–Kier alpha value is -4.16. The van der Waals surface area contributed by atoms with Gasteiger partial charge in [-0.25, -0.2) is 0 Å². The second-order valence-electron chi connectivity index (χ2n) is 8.69. The Balaban J connectivity index is 1.73. The minimum absolute atomic E-state index is 0.173. The number of hydrogen-bond donors (Lipinski definition) is 1. The van der Waals surface area contributed by atoms with Gasteiger partial charge in [-0.05, 0) is 54.8 Å². The maximum Gasteiger partial charge on any atom is 0.332 e. The second kappa shape index (κ2) is 7.42. The summed E-state index contributed by atoms with van der Waals surface area (Å²) in [5, 5.41) is 11.0. The van der Waals surface area contributed by atoms with Gasteiger partial charge in [0.15, 0.2) is 5.43 Å². The van der Waals surface area contributed by atoms with Crippen molar-refractivity contribution in [1.82, 2.24) is 9.55 Å². The average molecular weight is 488 g/mol. The molecule has 3 aromatic carbocycles. The fourth-order valence-corrected chi connectivity index (χ4v) is 5.30. The SMILES string of the molecule is COc1cc2c(=O)c3c4ccc(C#N)cc4[nH]c3n(C3CC3)c2cc1-c1cccc(S(=O)(=O)F)c1. The summed E-state index contributed by atoms with van der Waals surface area (Å²) in [7, 11) is -3.42. The van der Waals surface area contributed by atoms with Gasteiger partial charge in [0.05, 0.1) is 39.9 Å². The molecule has 7 nitrogen and oxygen atoms in total. The number of halogens is 1. The lowest BCUT2D eigenvalue weighted by Crippen LogP contribution is -2.11. The molecule has 5 aromatic rings. The van der Waals surface area contributed by atoms with Crippen LogP contribution >= 0.6 is 0 Å². The lowest BCUT2D eigenvalue weighted by molar-refractivity contribution is 0.417. The molecule has 1 aliphatic rings. The summed E-state index contributed by atoms with van der Waals surface area (Å²) in [5.41, 5.74) is 3.36. The number of nitriles is 1. The third-order valence-corrected chi connectivity index (χ3v) is 7.35. The minimum atomic E-state index is -4.89. The zero-order valence-corrected chi connectivity index (χ0v) is 19.3. The standard InChI is InChI=1S/C26H18FN3O4S/c1-34-23-12-20-22(11-19(23)15-3-2-4-17(10-15)35(27,32)33)30(16-6-7-16)26-24(25(20)31)18-8-5-14(13-28)9-21(18)29-26/h2-5,8-12,16,29H,6-7H2,1H3. The Morgan fingerprint density at radius 3 is 2.60 bits per heavy atom. The number of benzene rings is 3. The van der Waals surface area contributed by atoms with Crippen LogP contribution in [0.5, 0.6) is 5.75 Å². The van der Waals surface area contributed by atoms with Gasteiger partial charge < -0.3 is 14.3 Å². The Morgan fingerprint density at radius 2 is 1.91 bits per heavy atom. The van der Waals surface area contributed by atoms with Gasteiger partial charge in [0.1, 0.15) is 11.4 Å². The molecule has 0 unspecified atom stereocenters. The number of fused-ring (bicyclic) bond motifs is 4. The molecule has 35 heavy (non-hydrogen) atoms. The number of ether oxygens (including phenoxy) is 1. The van der Waals surface area contributed by atoms with Gasteiger partial charge in [-0.2, -0.15) is 13.7 Å². The van der Waals surface area contributed by atoms with Crippen LogP contribution in [0.15, 0.2) is 64.3 Å². The van der Waals surface area contributed by atoms with E-state index >= 15 is 0 Å². The summed E-state index contributed by atoms with van der Waals surface area (Å²) in [6.07, 6.45) is 1.89. The minimum Gasteiger partial charge on any atom is -0.496 e. The first kappa shape index (κ1) is 21.4. The molecular formula is C26H18FN3O4S. The molecule has 0 radical (unpaired) electrons. The molecule has 0 bridgehead atoms. The van der Waals surface area contributed by atoms with E-state index in [2.05, 4.69) is 15.6 Å².